The van der Waals surface area contributed by atoms with Gasteiger partial charge in [0.1, 0.15) is 23.9 Å². The standard InChI is InChI=1S/C47H51NO14/c1-25-31(60-41(56)36(52)35(28-15-9-6-10-16-28)48-39(54)29-17-11-7-12-18-29)22-47(57)43(4)23-46(47,62-40(55)30-19-13-8-14-20-30)42-44(5,38(53)37(34(25)43)59-26(2)49)32(51)21-33-45(42,24-58-33)61-27(3)50/h6-20,31-33,35-38,42,51-53,57H,21-24H2,1-5H3,(H,48,54)/t31-,32-,33+,35-,36+,37-,38-,42-,43+,44-,45-,46+,47-/m0/s1. The second-order valence-corrected chi connectivity index (χ2v) is 17.8. The highest BCUT2D eigenvalue weighted by Gasteiger charge is 2.89. The van der Waals surface area contributed by atoms with Crippen molar-refractivity contribution in [2.75, 3.05) is 6.61 Å². The van der Waals surface area contributed by atoms with Crippen LogP contribution in [0.25, 0.3) is 0 Å². The molecule has 1 saturated heterocycles. The molecule has 328 valence electrons. The van der Waals surface area contributed by atoms with Crippen LogP contribution in [-0.2, 0) is 38.1 Å². The largest absolute Gasteiger partial charge is 0.456 e. The summed E-state index contributed by atoms with van der Waals surface area (Å²) in [6.45, 7) is 6.85. The van der Waals surface area contributed by atoms with E-state index in [2.05, 4.69) is 5.32 Å². The molecule has 4 aliphatic carbocycles. The Balaban J connectivity index is 1.28. The van der Waals surface area contributed by atoms with Gasteiger partial charge in [-0.05, 0) is 47.9 Å². The normalized spacial score (nSPS) is 36.3. The maximum atomic E-state index is 14.4. The van der Waals surface area contributed by atoms with Crippen LogP contribution in [-0.4, -0.2) is 110 Å². The van der Waals surface area contributed by atoms with E-state index in [-0.39, 0.29) is 41.7 Å². The number of fused-ring (bicyclic) bond motifs is 4. The molecule has 3 aromatic rings. The zero-order chi connectivity index (χ0) is 44.6. The van der Waals surface area contributed by atoms with Crippen LogP contribution in [0.15, 0.2) is 102 Å². The van der Waals surface area contributed by atoms with Crippen LogP contribution in [0.2, 0.25) is 0 Å². The third-order valence-electron chi connectivity index (χ3n) is 14.4. The van der Waals surface area contributed by atoms with E-state index < -0.39 is 112 Å². The maximum Gasteiger partial charge on any atom is 0.338 e. The second kappa shape index (κ2) is 15.4. The van der Waals surface area contributed by atoms with E-state index in [1.54, 1.807) is 92.7 Å². The number of amides is 1. The average Bonchev–Trinajstić information content (AvgIpc) is 3.24. The lowest BCUT2D eigenvalue weighted by Gasteiger charge is -2.78. The lowest BCUT2D eigenvalue weighted by atomic mass is 9.31. The van der Waals surface area contributed by atoms with Crippen molar-refractivity contribution in [2.45, 2.75) is 113 Å². The molecule has 4 fully saturated rings. The first-order valence-electron chi connectivity index (χ1n) is 20.7. The number of carbonyl (C=O) groups excluding carboxylic acids is 5. The number of esters is 4. The molecule has 0 aromatic heterocycles. The first-order valence-corrected chi connectivity index (χ1v) is 20.7. The Morgan fingerprint density at radius 3 is 1.98 bits per heavy atom. The number of aliphatic hydroxyl groups is 4. The minimum atomic E-state index is -2.27. The monoisotopic (exact) mass is 853 g/mol. The summed E-state index contributed by atoms with van der Waals surface area (Å²) in [6.07, 6.45) is -10.0. The molecule has 0 unspecified atom stereocenters. The van der Waals surface area contributed by atoms with Gasteiger partial charge in [0.25, 0.3) is 5.91 Å². The SMILES string of the molecule is CC(=O)O[C@H]1C2=C(C)[C@@H](OC(=O)[C@H](O)[C@@H](NC(=O)c3ccccc3)c3ccccc3)C[C@]3(O)[C@]2(C)C[C@@]3(OC(=O)c2ccccc2)[C@@H]2[C@]3(OC(C)=O)CO[C@@H]3C[C@H](O)[C@@]2(C)[C@H]1O. The average molecular weight is 854 g/mol. The Kier molecular flexibility index (Phi) is 10.7. The van der Waals surface area contributed by atoms with Crippen molar-refractivity contribution in [1.82, 2.24) is 5.32 Å². The minimum Gasteiger partial charge on any atom is -0.456 e. The van der Waals surface area contributed by atoms with Gasteiger partial charge in [-0.1, -0.05) is 80.6 Å². The fraction of sp³-hybridized carbons (Fsp3) is 0.468. The molecule has 1 heterocycles. The quantitative estimate of drug-likeness (QED) is 0.112. The smallest absolute Gasteiger partial charge is 0.338 e. The summed E-state index contributed by atoms with van der Waals surface area (Å²) in [5, 5.41) is 53.3. The van der Waals surface area contributed by atoms with Crippen LogP contribution in [0.3, 0.4) is 0 Å². The summed E-state index contributed by atoms with van der Waals surface area (Å²) in [5.74, 6) is -5.63. The van der Waals surface area contributed by atoms with Gasteiger partial charge in [-0.3, -0.25) is 14.4 Å². The van der Waals surface area contributed by atoms with Gasteiger partial charge in [-0.25, -0.2) is 9.59 Å². The predicted molar refractivity (Wildman–Crippen MR) is 217 cm³/mol. The highest BCUT2D eigenvalue weighted by molar-refractivity contribution is 5.95. The van der Waals surface area contributed by atoms with Crippen molar-refractivity contribution in [3.8, 4) is 0 Å². The Labute approximate surface area is 358 Å². The lowest BCUT2D eigenvalue weighted by molar-refractivity contribution is -0.420. The molecule has 3 saturated carbocycles. The lowest BCUT2D eigenvalue weighted by Crippen LogP contribution is -2.91. The second-order valence-electron chi connectivity index (χ2n) is 17.8. The molecule has 0 spiro atoms. The molecule has 0 radical (unpaired) electrons. The molecular formula is C47H51NO14. The third-order valence-corrected chi connectivity index (χ3v) is 14.4. The van der Waals surface area contributed by atoms with Crippen LogP contribution >= 0.6 is 0 Å². The number of nitrogens with one attached hydrogen (secondary N) is 1. The van der Waals surface area contributed by atoms with Gasteiger partial charge in [0.05, 0.1) is 30.2 Å². The molecule has 1 aliphatic heterocycles. The van der Waals surface area contributed by atoms with Crippen LogP contribution in [0.5, 0.6) is 0 Å². The van der Waals surface area contributed by atoms with Gasteiger partial charge in [0.2, 0.25) is 0 Å². The van der Waals surface area contributed by atoms with Crippen molar-refractivity contribution < 1.29 is 68.1 Å². The van der Waals surface area contributed by atoms with E-state index in [1.807, 2.05) is 0 Å². The fourth-order valence-electron chi connectivity index (χ4n) is 11.6. The highest BCUT2D eigenvalue weighted by Crippen LogP contribution is 2.77. The number of ether oxygens (including phenoxy) is 5. The van der Waals surface area contributed by atoms with Gasteiger partial charge < -0.3 is 49.4 Å². The Hall–Kier alpha value is -5.45. The Morgan fingerprint density at radius 1 is 0.823 bits per heavy atom. The number of rotatable bonds is 10. The number of hydrogen-bond donors (Lipinski definition) is 5. The molecule has 62 heavy (non-hydrogen) atoms. The van der Waals surface area contributed by atoms with E-state index in [0.717, 1.165) is 6.92 Å². The fourth-order valence-corrected chi connectivity index (χ4v) is 11.6. The van der Waals surface area contributed by atoms with Crippen LogP contribution in [0.4, 0.5) is 0 Å². The molecular weight excluding hydrogens is 803 g/mol. The van der Waals surface area contributed by atoms with Gasteiger partial charge in [-0.2, -0.15) is 0 Å². The zero-order valence-electron chi connectivity index (χ0n) is 35.0. The van der Waals surface area contributed by atoms with Gasteiger partial charge in [-0.15, -0.1) is 0 Å². The van der Waals surface area contributed by atoms with Gasteiger partial charge in [0, 0.05) is 49.5 Å². The topological polar surface area (TPSA) is 224 Å². The van der Waals surface area contributed by atoms with E-state index in [9.17, 15) is 44.4 Å². The number of benzene rings is 3. The summed E-state index contributed by atoms with van der Waals surface area (Å²) >= 11 is 0. The third kappa shape index (κ3) is 6.30. The molecule has 3 aromatic carbocycles. The first kappa shape index (κ1) is 43.2. The first-order chi connectivity index (χ1) is 29.3. The van der Waals surface area contributed by atoms with Crippen LogP contribution < -0.4 is 5.32 Å². The number of aliphatic hydroxyl groups excluding tert-OH is 3. The Morgan fingerprint density at radius 2 is 1.42 bits per heavy atom. The van der Waals surface area contributed by atoms with Crippen LogP contribution in [0.1, 0.15) is 86.2 Å². The summed E-state index contributed by atoms with van der Waals surface area (Å²) in [4.78, 5) is 68.3. The van der Waals surface area contributed by atoms with Crippen LogP contribution in [0, 0.1) is 16.7 Å². The molecule has 15 nitrogen and oxygen atoms in total. The molecule has 1 amide bonds. The highest BCUT2D eigenvalue weighted by atomic mass is 16.6. The molecule has 13 atom stereocenters. The minimum absolute atomic E-state index is 0.110. The number of carbonyl (C=O) groups is 5. The summed E-state index contributed by atoms with van der Waals surface area (Å²) in [5.41, 5.74) is -8.21. The van der Waals surface area contributed by atoms with E-state index in [1.165, 1.54) is 26.0 Å². The number of hydrogen-bond acceptors (Lipinski definition) is 14. The van der Waals surface area contributed by atoms with Gasteiger partial charge in [0.15, 0.2) is 23.4 Å². The van der Waals surface area contributed by atoms with Crippen molar-refractivity contribution in [2.24, 2.45) is 16.7 Å². The summed E-state index contributed by atoms with van der Waals surface area (Å²) < 4.78 is 30.8. The van der Waals surface area contributed by atoms with Crippen molar-refractivity contribution in [1.29, 1.82) is 0 Å². The van der Waals surface area contributed by atoms with Crippen molar-refractivity contribution >= 4 is 29.8 Å². The van der Waals surface area contributed by atoms with E-state index >= 15 is 0 Å². The Bertz CT molecular complexity index is 2310. The zero-order valence-corrected chi connectivity index (χ0v) is 35.0. The molecule has 4 bridgehead atoms. The van der Waals surface area contributed by atoms with E-state index in [0.29, 0.717) is 5.56 Å². The summed E-state index contributed by atoms with van der Waals surface area (Å²) in [7, 11) is 0. The predicted octanol–water partition coefficient (Wildman–Crippen LogP) is 3.28. The molecule has 5 N–H and O–H groups in total. The molecule has 5 aliphatic rings. The summed E-state index contributed by atoms with van der Waals surface area (Å²) in [6, 6.07) is 23.2. The molecule has 8 rings (SSSR count). The van der Waals surface area contributed by atoms with Gasteiger partial charge >= 0.3 is 23.9 Å². The van der Waals surface area contributed by atoms with Crippen molar-refractivity contribution in [3.63, 3.8) is 0 Å². The molecule has 15 heteroatoms. The van der Waals surface area contributed by atoms with Crippen molar-refractivity contribution in [3.05, 3.63) is 119 Å². The van der Waals surface area contributed by atoms with E-state index in [4.69, 9.17) is 23.7 Å². The maximum absolute atomic E-state index is 14.4.